The van der Waals surface area contributed by atoms with Gasteiger partial charge in [-0.1, -0.05) is 53.9 Å². The number of benzene rings is 3. The van der Waals surface area contributed by atoms with Crippen LogP contribution in [0.1, 0.15) is 38.3 Å². The standard InChI is InChI=1S/C30H35Cl2N3O5S/c1-6-21(3)33-30(37)22(4)34(18-23-9-10-24(31)17-28(23)32)29(36)19-35(25-11-7-20(2)8-12-25)41(38,39)27-15-13-26(40-5)14-16-27/h7-17,21-22H,6,18-19H2,1-5H3,(H,33,37)/t21-,22+/m1/s1. The molecule has 0 heterocycles. The molecule has 1 N–H and O–H groups in total. The fourth-order valence-electron chi connectivity index (χ4n) is 4.00. The van der Waals surface area contributed by atoms with E-state index in [2.05, 4.69) is 5.32 Å². The monoisotopic (exact) mass is 619 g/mol. The summed E-state index contributed by atoms with van der Waals surface area (Å²) in [5, 5.41) is 3.65. The highest BCUT2D eigenvalue weighted by Crippen LogP contribution is 2.27. The second kappa shape index (κ2) is 14.1. The molecular formula is C30H35Cl2N3O5S. The van der Waals surface area contributed by atoms with Gasteiger partial charge in [-0.25, -0.2) is 8.42 Å². The molecule has 41 heavy (non-hydrogen) atoms. The average Bonchev–Trinajstić information content (AvgIpc) is 2.95. The Bertz CT molecular complexity index is 1460. The predicted molar refractivity (Wildman–Crippen MR) is 163 cm³/mol. The summed E-state index contributed by atoms with van der Waals surface area (Å²) in [6.07, 6.45) is 0.705. The Hall–Kier alpha value is -3.27. The number of nitrogens with zero attached hydrogens (tertiary/aromatic N) is 2. The lowest BCUT2D eigenvalue weighted by Crippen LogP contribution is -2.52. The van der Waals surface area contributed by atoms with E-state index in [4.69, 9.17) is 27.9 Å². The van der Waals surface area contributed by atoms with Gasteiger partial charge < -0.3 is 15.0 Å². The Labute approximate surface area is 252 Å². The fourth-order valence-corrected chi connectivity index (χ4v) is 5.88. The van der Waals surface area contributed by atoms with Gasteiger partial charge >= 0.3 is 0 Å². The van der Waals surface area contributed by atoms with Crippen molar-refractivity contribution in [2.24, 2.45) is 0 Å². The molecule has 0 spiro atoms. The van der Waals surface area contributed by atoms with Gasteiger partial charge in [0.2, 0.25) is 11.8 Å². The van der Waals surface area contributed by atoms with E-state index in [1.54, 1.807) is 49.4 Å². The van der Waals surface area contributed by atoms with E-state index in [1.807, 2.05) is 20.8 Å². The van der Waals surface area contributed by atoms with Crippen molar-refractivity contribution in [3.8, 4) is 5.75 Å². The molecule has 0 aliphatic carbocycles. The zero-order valence-corrected chi connectivity index (χ0v) is 26.1. The maximum absolute atomic E-state index is 14.0. The molecule has 8 nitrogen and oxygen atoms in total. The Morgan fingerprint density at radius 3 is 2.17 bits per heavy atom. The second-order valence-electron chi connectivity index (χ2n) is 9.77. The highest BCUT2D eigenvalue weighted by Gasteiger charge is 2.33. The first-order valence-corrected chi connectivity index (χ1v) is 15.3. The van der Waals surface area contributed by atoms with Crippen LogP contribution in [0.25, 0.3) is 0 Å². The molecule has 0 bridgehead atoms. The molecule has 220 valence electrons. The summed E-state index contributed by atoms with van der Waals surface area (Å²) in [4.78, 5) is 28.5. The summed E-state index contributed by atoms with van der Waals surface area (Å²) in [6, 6.07) is 16.6. The Kier molecular flexibility index (Phi) is 11.1. The minimum Gasteiger partial charge on any atom is -0.497 e. The van der Waals surface area contributed by atoms with Gasteiger partial charge in [-0.05, 0) is 81.3 Å². The summed E-state index contributed by atoms with van der Waals surface area (Å²) in [6.45, 7) is 6.71. The van der Waals surface area contributed by atoms with Gasteiger partial charge in [0, 0.05) is 22.6 Å². The number of hydrogen-bond acceptors (Lipinski definition) is 5. The average molecular weight is 621 g/mol. The van der Waals surface area contributed by atoms with Crippen LogP contribution in [-0.4, -0.2) is 50.9 Å². The first-order valence-electron chi connectivity index (χ1n) is 13.1. The van der Waals surface area contributed by atoms with Crippen molar-refractivity contribution >= 4 is 50.7 Å². The number of amides is 2. The lowest BCUT2D eigenvalue weighted by Gasteiger charge is -2.32. The number of ether oxygens (including phenoxy) is 1. The predicted octanol–water partition coefficient (Wildman–Crippen LogP) is 5.84. The summed E-state index contributed by atoms with van der Waals surface area (Å²) >= 11 is 12.5. The van der Waals surface area contributed by atoms with Crippen LogP contribution in [0.3, 0.4) is 0 Å². The third-order valence-corrected chi connectivity index (χ3v) is 9.15. The minimum absolute atomic E-state index is 0.0125. The Morgan fingerprint density at radius 2 is 1.61 bits per heavy atom. The van der Waals surface area contributed by atoms with E-state index in [0.717, 1.165) is 9.87 Å². The smallest absolute Gasteiger partial charge is 0.264 e. The Balaban J connectivity index is 2.04. The van der Waals surface area contributed by atoms with Crippen LogP contribution in [0.15, 0.2) is 71.6 Å². The number of aryl methyl sites for hydroxylation is 1. The molecular weight excluding hydrogens is 585 g/mol. The van der Waals surface area contributed by atoms with E-state index in [-0.39, 0.29) is 23.4 Å². The van der Waals surface area contributed by atoms with E-state index in [0.29, 0.717) is 33.5 Å². The highest BCUT2D eigenvalue weighted by molar-refractivity contribution is 7.92. The van der Waals surface area contributed by atoms with Gasteiger partial charge in [-0.15, -0.1) is 0 Å². The topological polar surface area (TPSA) is 96.0 Å². The van der Waals surface area contributed by atoms with Gasteiger partial charge in [0.05, 0.1) is 17.7 Å². The molecule has 3 aromatic carbocycles. The number of hydrogen-bond donors (Lipinski definition) is 1. The van der Waals surface area contributed by atoms with Crippen molar-refractivity contribution in [1.82, 2.24) is 10.2 Å². The van der Waals surface area contributed by atoms with E-state index >= 15 is 0 Å². The zero-order valence-electron chi connectivity index (χ0n) is 23.7. The van der Waals surface area contributed by atoms with Crippen LogP contribution < -0.4 is 14.4 Å². The molecule has 0 unspecified atom stereocenters. The molecule has 0 saturated carbocycles. The number of carbonyl (C=O) groups excluding carboxylic acids is 2. The minimum atomic E-state index is -4.19. The SMILES string of the molecule is CC[C@@H](C)NC(=O)[C@H](C)N(Cc1ccc(Cl)cc1Cl)C(=O)CN(c1ccc(C)cc1)S(=O)(=O)c1ccc(OC)cc1. The van der Waals surface area contributed by atoms with Crippen molar-refractivity contribution in [3.63, 3.8) is 0 Å². The van der Waals surface area contributed by atoms with Crippen molar-refractivity contribution in [3.05, 3.63) is 87.9 Å². The normalized spacial score (nSPS) is 12.8. The molecule has 3 aromatic rings. The maximum atomic E-state index is 14.0. The third kappa shape index (κ3) is 8.15. The van der Waals surface area contributed by atoms with Crippen LogP contribution in [0, 0.1) is 6.92 Å². The molecule has 0 aromatic heterocycles. The molecule has 11 heteroatoms. The fraction of sp³-hybridized carbons (Fsp3) is 0.333. The molecule has 0 aliphatic heterocycles. The van der Waals surface area contributed by atoms with Crippen LogP contribution in [0.4, 0.5) is 5.69 Å². The lowest BCUT2D eigenvalue weighted by atomic mass is 10.1. The number of methoxy groups -OCH3 is 1. The highest BCUT2D eigenvalue weighted by atomic mass is 35.5. The van der Waals surface area contributed by atoms with E-state index in [1.165, 1.54) is 36.3 Å². The summed E-state index contributed by atoms with van der Waals surface area (Å²) in [5.41, 5.74) is 1.80. The molecule has 2 amide bonds. The van der Waals surface area contributed by atoms with Gasteiger partial charge in [-0.3, -0.25) is 13.9 Å². The van der Waals surface area contributed by atoms with Gasteiger partial charge in [-0.2, -0.15) is 0 Å². The number of nitrogens with one attached hydrogen (secondary N) is 1. The Morgan fingerprint density at radius 1 is 0.976 bits per heavy atom. The molecule has 3 rings (SSSR count). The summed E-state index contributed by atoms with van der Waals surface area (Å²) < 4.78 is 34.0. The van der Waals surface area contributed by atoms with Crippen LogP contribution in [-0.2, 0) is 26.2 Å². The molecule has 0 fully saturated rings. The quantitative estimate of drug-likeness (QED) is 0.275. The molecule has 2 atom stereocenters. The number of carbonyl (C=O) groups is 2. The third-order valence-electron chi connectivity index (χ3n) is 6.77. The number of anilines is 1. The summed E-state index contributed by atoms with van der Waals surface area (Å²) in [7, 11) is -2.70. The van der Waals surface area contributed by atoms with Crippen LogP contribution in [0.2, 0.25) is 10.0 Å². The molecule has 0 saturated heterocycles. The van der Waals surface area contributed by atoms with Crippen LogP contribution >= 0.6 is 23.2 Å². The zero-order chi connectivity index (χ0) is 30.3. The van der Waals surface area contributed by atoms with Crippen LogP contribution in [0.5, 0.6) is 5.75 Å². The number of halogens is 2. The van der Waals surface area contributed by atoms with E-state index in [9.17, 15) is 18.0 Å². The van der Waals surface area contributed by atoms with Crippen molar-refractivity contribution in [1.29, 1.82) is 0 Å². The molecule has 0 radical (unpaired) electrons. The van der Waals surface area contributed by atoms with E-state index < -0.39 is 28.5 Å². The first-order chi connectivity index (χ1) is 19.4. The largest absolute Gasteiger partial charge is 0.497 e. The second-order valence-corrected chi connectivity index (χ2v) is 12.5. The van der Waals surface area contributed by atoms with Crippen molar-refractivity contribution in [2.75, 3.05) is 18.0 Å². The first kappa shape index (κ1) is 32.2. The number of sulfonamides is 1. The molecule has 0 aliphatic rings. The van der Waals surface area contributed by atoms with Gasteiger partial charge in [0.1, 0.15) is 18.3 Å². The maximum Gasteiger partial charge on any atom is 0.264 e. The summed E-state index contributed by atoms with van der Waals surface area (Å²) in [5.74, 6) is -0.452. The van der Waals surface area contributed by atoms with Gasteiger partial charge in [0.25, 0.3) is 10.0 Å². The number of rotatable bonds is 12. The lowest BCUT2D eigenvalue weighted by molar-refractivity contribution is -0.139. The van der Waals surface area contributed by atoms with Gasteiger partial charge in [0.15, 0.2) is 0 Å². The van der Waals surface area contributed by atoms with Crippen molar-refractivity contribution in [2.45, 2.75) is 57.6 Å². The van der Waals surface area contributed by atoms with Crippen molar-refractivity contribution < 1.29 is 22.7 Å².